The molecule has 2 amide bonds. The summed E-state index contributed by atoms with van der Waals surface area (Å²) in [7, 11) is 0. The number of piperidine rings is 1. The molecule has 1 aromatic carbocycles. The van der Waals surface area contributed by atoms with E-state index in [0.29, 0.717) is 23.3 Å². The molecule has 0 atom stereocenters. The first-order valence-corrected chi connectivity index (χ1v) is 8.99. The van der Waals surface area contributed by atoms with Crippen molar-refractivity contribution in [2.45, 2.75) is 38.8 Å². The molecule has 124 valence electrons. The van der Waals surface area contributed by atoms with Crippen molar-refractivity contribution in [2.24, 2.45) is 0 Å². The minimum Gasteiger partial charge on any atom is -0.467 e. The lowest BCUT2D eigenvalue weighted by atomic mass is 10.1. The highest BCUT2D eigenvalue weighted by Gasteiger charge is 2.25. The van der Waals surface area contributed by atoms with Crippen LogP contribution in [-0.4, -0.2) is 41.2 Å². The van der Waals surface area contributed by atoms with E-state index >= 15 is 0 Å². The number of amides is 2. The van der Waals surface area contributed by atoms with Gasteiger partial charge in [-0.1, -0.05) is 29.0 Å². The van der Waals surface area contributed by atoms with Crippen LogP contribution in [0.4, 0.5) is 4.79 Å². The van der Waals surface area contributed by atoms with Gasteiger partial charge in [-0.2, -0.15) is 0 Å². The van der Waals surface area contributed by atoms with E-state index in [9.17, 15) is 4.79 Å². The zero-order chi connectivity index (χ0) is 16.4. The van der Waals surface area contributed by atoms with Crippen molar-refractivity contribution < 1.29 is 9.53 Å². The van der Waals surface area contributed by atoms with Crippen molar-refractivity contribution in [3.05, 3.63) is 23.2 Å². The van der Waals surface area contributed by atoms with Crippen molar-refractivity contribution in [3.8, 4) is 5.19 Å². The number of carbonyl (C=O) groups is 1. The number of hydrogen-bond acceptors (Lipinski definition) is 4. The number of fused-ring (bicyclic) bond motifs is 1. The molecule has 5 nitrogen and oxygen atoms in total. The third-order valence-electron chi connectivity index (χ3n) is 3.76. The molecule has 1 N–H and O–H groups in total. The highest BCUT2D eigenvalue weighted by atomic mass is 35.5. The van der Waals surface area contributed by atoms with Gasteiger partial charge in [-0.25, -0.2) is 9.78 Å². The van der Waals surface area contributed by atoms with E-state index in [1.165, 1.54) is 11.3 Å². The highest BCUT2D eigenvalue weighted by molar-refractivity contribution is 7.20. The van der Waals surface area contributed by atoms with Crippen LogP contribution in [0.25, 0.3) is 10.2 Å². The summed E-state index contributed by atoms with van der Waals surface area (Å²) in [6, 6.07) is 5.90. The lowest BCUT2D eigenvalue weighted by Gasteiger charge is -2.32. The summed E-state index contributed by atoms with van der Waals surface area (Å²) in [5.41, 5.74) is 0.794. The van der Waals surface area contributed by atoms with Gasteiger partial charge >= 0.3 is 6.03 Å². The Kier molecular flexibility index (Phi) is 4.92. The number of carbonyl (C=O) groups excluding carboxylic acids is 1. The average molecular weight is 354 g/mol. The number of ether oxygens (including phenoxy) is 1. The molecule has 0 unspecified atom stereocenters. The minimum atomic E-state index is 0.00483. The van der Waals surface area contributed by atoms with Crippen LogP contribution in [0.3, 0.4) is 0 Å². The van der Waals surface area contributed by atoms with Crippen molar-refractivity contribution in [1.82, 2.24) is 15.2 Å². The second-order valence-corrected chi connectivity index (χ2v) is 7.38. The summed E-state index contributed by atoms with van der Waals surface area (Å²) in [6.07, 6.45) is 1.72. The number of para-hydroxylation sites is 1. The smallest absolute Gasteiger partial charge is 0.317 e. The molecule has 0 spiro atoms. The number of benzene rings is 1. The van der Waals surface area contributed by atoms with Crippen LogP contribution < -0.4 is 10.1 Å². The maximum absolute atomic E-state index is 12.0. The fraction of sp³-hybridized carbons (Fsp3) is 0.500. The summed E-state index contributed by atoms with van der Waals surface area (Å²) in [6.45, 7) is 5.34. The van der Waals surface area contributed by atoms with Gasteiger partial charge < -0.3 is 15.0 Å². The third-order valence-corrected chi connectivity index (χ3v) is 4.98. The van der Waals surface area contributed by atoms with Gasteiger partial charge in [-0.3, -0.25) is 0 Å². The molecule has 0 aliphatic carbocycles. The fourth-order valence-electron chi connectivity index (χ4n) is 2.60. The largest absolute Gasteiger partial charge is 0.467 e. The molecule has 1 aliphatic heterocycles. The predicted octanol–water partition coefficient (Wildman–Crippen LogP) is 3.91. The number of nitrogens with zero attached hydrogens (tertiary/aromatic N) is 2. The van der Waals surface area contributed by atoms with Crippen LogP contribution in [0.1, 0.15) is 26.7 Å². The summed E-state index contributed by atoms with van der Waals surface area (Å²) in [4.78, 5) is 18.3. The third kappa shape index (κ3) is 3.87. The minimum absolute atomic E-state index is 0.00483. The topological polar surface area (TPSA) is 54.5 Å². The van der Waals surface area contributed by atoms with Crippen molar-refractivity contribution in [3.63, 3.8) is 0 Å². The van der Waals surface area contributed by atoms with E-state index in [0.717, 1.165) is 23.1 Å². The molecular formula is C16H20ClN3O2S. The van der Waals surface area contributed by atoms with E-state index in [1.54, 1.807) is 0 Å². The van der Waals surface area contributed by atoms with E-state index < -0.39 is 0 Å². The molecule has 0 saturated carbocycles. The number of rotatable bonds is 3. The first-order valence-electron chi connectivity index (χ1n) is 7.80. The lowest BCUT2D eigenvalue weighted by Crippen LogP contribution is -2.48. The summed E-state index contributed by atoms with van der Waals surface area (Å²) < 4.78 is 7.02. The first kappa shape index (κ1) is 16.3. The number of nitrogens with one attached hydrogen (secondary N) is 1. The van der Waals surface area contributed by atoms with Gasteiger partial charge in [-0.05, 0) is 26.0 Å². The normalized spacial score (nSPS) is 16.1. The molecular weight excluding hydrogens is 334 g/mol. The summed E-state index contributed by atoms with van der Waals surface area (Å²) in [5, 5.41) is 4.22. The fourth-order valence-corrected chi connectivity index (χ4v) is 3.78. The Morgan fingerprint density at radius 1 is 1.43 bits per heavy atom. The Labute approximate surface area is 144 Å². The van der Waals surface area contributed by atoms with Crippen LogP contribution in [0.2, 0.25) is 5.02 Å². The molecule has 1 fully saturated rings. The van der Waals surface area contributed by atoms with Gasteiger partial charge in [0.1, 0.15) is 11.6 Å². The molecule has 1 saturated heterocycles. The number of halogens is 1. The summed E-state index contributed by atoms with van der Waals surface area (Å²) in [5.74, 6) is 0. The van der Waals surface area contributed by atoms with Gasteiger partial charge in [0.25, 0.3) is 5.19 Å². The van der Waals surface area contributed by atoms with Crippen LogP contribution >= 0.6 is 22.9 Å². The Morgan fingerprint density at radius 2 is 2.17 bits per heavy atom. The van der Waals surface area contributed by atoms with E-state index in [1.807, 2.05) is 36.9 Å². The van der Waals surface area contributed by atoms with Crippen molar-refractivity contribution >= 4 is 39.2 Å². The second-order valence-electron chi connectivity index (χ2n) is 5.97. The van der Waals surface area contributed by atoms with Gasteiger partial charge in [0.15, 0.2) is 0 Å². The highest BCUT2D eigenvalue weighted by Crippen LogP contribution is 2.33. The van der Waals surface area contributed by atoms with Gasteiger partial charge in [0, 0.05) is 32.0 Å². The average Bonchev–Trinajstić information content (AvgIpc) is 2.91. The molecule has 2 aromatic rings. The Balaban J connectivity index is 1.58. The molecule has 7 heteroatoms. The molecule has 3 rings (SSSR count). The van der Waals surface area contributed by atoms with Gasteiger partial charge in [-0.15, -0.1) is 0 Å². The zero-order valence-electron chi connectivity index (χ0n) is 13.2. The zero-order valence-corrected chi connectivity index (χ0v) is 14.8. The second kappa shape index (κ2) is 6.93. The van der Waals surface area contributed by atoms with E-state index in [4.69, 9.17) is 16.3 Å². The lowest BCUT2D eigenvalue weighted by molar-refractivity contribution is 0.110. The van der Waals surface area contributed by atoms with Crippen LogP contribution in [0.5, 0.6) is 5.19 Å². The standard InChI is InChI=1S/C16H20ClN3O2S/c1-10(2)18-15(21)20-8-6-11(7-9-20)22-16-19-14-12(17)4-3-5-13(14)23-16/h3-5,10-11H,6-9H2,1-2H3,(H,18,21). The maximum atomic E-state index is 12.0. The Morgan fingerprint density at radius 3 is 2.83 bits per heavy atom. The molecule has 0 radical (unpaired) electrons. The molecule has 1 aliphatic rings. The number of hydrogen-bond donors (Lipinski definition) is 1. The summed E-state index contributed by atoms with van der Waals surface area (Å²) >= 11 is 7.66. The maximum Gasteiger partial charge on any atom is 0.317 e. The number of likely N-dealkylation sites (tertiary alicyclic amines) is 1. The van der Waals surface area contributed by atoms with Gasteiger partial charge in [0.05, 0.1) is 9.72 Å². The van der Waals surface area contributed by atoms with Gasteiger partial charge in [0.2, 0.25) is 0 Å². The monoisotopic (exact) mass is 353 g/mol. The van der Waals surface area contributed by atoms with Crippen LogP contribution in [0.15, 0.2) is 18.2 Å². The van der Waals surface area contributed by atoms with E-state index in [-0.39, 0.29) is 18.2 Å². The molecule has 0 bridgehead atoms. The molecule has 2 heterocycles. The van der Waals surface area contributed by atoms with Crippen molar-refractivity contribution in [1.29, 1.82) is 0 Å². The van der Waals surface area contributed by atoms with Crippen LogP contribution in [-0.2, 0) is 0 Å². The SMILES string of the molecule is CC(C)NC(=O)N1CCC(Oc2nc3c(Cl)cccc3s2)CC1. The van der Waals surface area contributed by atoms with E-state index in [2.05, 4.69) is 10.3 Å². The Bertz CT molecular complexity index is 696. The molecule has 1 aromatic heterocycles. The first-order chi connectivity index (χ1) is 11.0. The molecule has 23 heavy (non-hydrogen) atoms. The number of thiazole rings is 1. The number of urea groups is 1. The van der Waals surface area contributed by atoms with Crippen molar-refractivity contribution in [2.75, 3.05) is 13.1 Å². The predicted molar refractivity (Wildman–Crippen MR) is 93.5 cm³/mol. The van der Waals surface area contributed by atoms with Crippen LogP contribution in [0, 0.1) is 0 Å². The number of aromatic nitrogens is 1. The Hall–Kier alpha value is -1.53. The quantitative estimate of drug-likeness (QED) is 0.910.